The molecular formula is C16H18N2O4. The average molecular weight is 302 g/mol. The zero-order valence-corrected chi connectivity index (χ0v) is 12.2. The van der Waals surface area contributed by atoms with Crippen molar-refractivity contribution in [1.29, 1.82) is 0 Å². The Morgan fingerprint density at radius 1 is 1.14 bits per heavy atom. The van der Waals surface area contributed by atoms with E-state index in [0.717, 1.165) is 25.9 Å². The molecule has 2 heterocycles. The van der Waals surface area contributed by atoms with Gasteiger partial charge in [0.1, 0.15) is 0 Å². The van der Waals surface area contributed by atoms with Crippen molar-refractivity contribution in [2.45, 2.75) is 31.7 Å². The molecule has 6 nitrogen and oxygen atoms in total. The van der Waals surface area contributed by atoms with Crippen LogP contribution in [0.1, 0.15) is 24.8 Å². The van der Waals surface area contributed by atoms with E-state index in [-0.39, 0.29) is 30.7 Å². The number of benzene rings is 1. The van der Waals surface area contributed by atoms with Crippen molar-refractivity contribution >= 4 is 23.5 Å². The Balaban J connectivity index is 1.77. The van der Waals surface area contributed by atoms with Gasteiger partial charge in [-0.15, -0.1) is 0 Å². The Morgan fingerprint density at radius 2 is 1.77 bits per heavy atom. The third-order valence-electron chi connectivity index (χ3n) is 4.25. The number of rotatable bonds is 4. The van der Waals surface area contributed by atoms with Gasteiger partial charge in [0, 0.05) is 0 Å². The molecule has 0 saturated carbocycles. The van der Waals surface area contributed by atoms with Crippen LogP contribution < -0.4 is 4.90 Å². The molecule has 0 aliphatic carbocycles. The molecule has 3 rings (SSSR count). The molecule has 0 spiro atoms. The number of amides is 2. The van der Waals surface area contributed by atoms with Gasteiger partial charge in [-0.25, -0.2) is 4.90 Å². The Kier molecular flexibility index (Phi) is 3.94. The molecule has 2 aliphatic rings. The first-order valence-corrected chi connectivity index (χ1v) is 7.48. The predicted octanol–water partition coefficient (Wildman–Crippen LogP) is 1.04. The number of imide groups is 1. The third-order valence-corrected chi connectivity index (χ3v) is 4.25. The normalized spacial score (nSPS) is 22.5. The second-order valence-corrected chi connectivity index (χ2v) is 5.77. The number of anilines is 1. The Morgan fingerprint density at radius 3 is 2.36 bits per heavy atom. The average Bonchev–Trinajstić information content (AvgIpc) is 3.08. The van der Waals surface area contributed by atoms with E-state index in [1.165, 1.54) is 4.90 Å². The maximum Gasteiger partial charge on any atom is 0.307 e. The van der Waals surface area contributed by atoms with Gasteiger partial charge in [-0.2, -0.15) is 0 Å². The van der Waals surface area contributed by atoms with Crippen LogP contribution in [0.4, 0.5) is 5.69 Å². The zero-order chi connectivity index (χ0) is 15.7. The second-order valence-electron chi connectivity index (χ2n) is 5.77. The zero-order valence-electron chi connectivity index (χ0n) is 12.2. The molecule has 2 aliphatic heterocycles. The minimum Gasteiger partial charge on any atom is -0.481 e. The molecule has 116 valence electrons. The number of nitrogens with zero attached hydrogens (tertiary/aromatic N) is 2. The van der Waals surface area contributed by atoms with Crippen LogP contribution in [-0.4, -0.2) is 46.9 Å². The summed E-state index contributed by atoms with van der Waals surface area (Å²) in [5.41, 5.74) is 1.16. The molecule has 1 aromatic rings. The maximum absolute atomic E-state index is 12.5. The van der Waals surface area contributed by atoms with Crippen molar-refractivity contribution in [2.24, 2.45) is 0 Å². The van der Waals surface area contributed by atoms with Gasteiger partial charge in [-0.1, -0.05) is 12.1 Å². The number of carboxylic acid groups (broad SMARTS) is 1. The van der Waals surface area contributed by atoms with Gasteiger partial charge < -0.3 is 5.11 Å². The van der Waals surface area contributed by atoms with Crippen LogP contribution in [-0.2, 0) is 20.8 Å². The minimum atomic E-state index is -0.907. The number of likely N-dealkylation sites (tertiary alicyclic amines) is 1. The highest BCUT2D eigenvalue weighted by molar-refractivity contribution is 6.22. The van der Waals surface area contributed by atoms with E-state index >= 15 is 0 Å². The monoisotopic (exact) mass is 302 g/mol. The van der Waals surface area contributed by atoms with E-state index in [1.54, 1.807) is 24.3 Å². The van der Waals surface area contributed by atoms with Gasteiger partial charge in [0.05, 0.1) is 24.6 Å². The first kappa shape index (κ1) is 14.7. The topological polar surface area (TPSA) is 77.9 Å². The second kappa shape index (κ2) is 5.88. The lowest BCUT2D eigenvalue weighted by molar-refractivity contribution is -0.136. The van der Waals surface area contributed by atoms with E-state index < -0.39 is 5.97 Å². The van der Waals surface area contributed by atoms with E-state index in [4.69, 9.17) is 5.11 Å². The van der Waals surface area contributed by atoms with Gasteiger partial charge in [-0.05, 0) is 43.6 Å². The number of carboxylic acids is 1. The minimum absolute atomic E-state index is 0.0709. The van der Waals surface area contributed by atoms with Crippen LogP contribution >= 0.6 is 0 Å². The van der Waals surface area contributed by atoms with Crippen LogP contribution in [0, 0.1) is 0 Å². The molecule has 1 unspecified atom stereocenters. The quantitative estimate of drug-likeness (QED) is 0.841. The molecule has 2 saturated heterocycles. The van der Waals surface area contributed by atoms with Crippen LogP contribution in [0.5, 0.6) is 0 Å². The molecular weight excluding hydrogens is 284 g/mol. The van der Waals surface area contributed by atoms with Gasteiger partial charge in [0.25, 0.3) is 5.91 Å². The van der Waals surface area contributed by atoms with Gasteiger partial charge in [-0.3, -0.25) is 19.3 Å². The highest BCUT2D eigenvalue weighted by atomic mass is 16.4. The molecule has 6 heteroatoms. The first-order chi connectivity index (χ1) is 10.6. The summed E-state index contributed by atoms with van der Waals surface area (Å²) in [5, 5.41) is 8.76. The standard InChI is InChI=1S/C16H18N2O4/c19-14-10-13(17-7-1-2-8-17)16(22)18(14)12-5-3-11(4-6-12)9-15(20)21/h3-6,13H,1-2,7-10H2,(H,20,21). The lowest BCUT2D eigenvalue weighted by Crippen LogP contribution is -2.40. The number of hydrogen-bond donors (Lipinski definition) is 1. The number of carbonyl (C=O) groups excluding carboxylic acids is 2. The SMILES string of the molecule is O=C(O)Cc1ccc(N2C(=O)CC(N3CCCC3)C2=O)cc1. The first-order valence-electron chi connectivity index (χ1n) is 7.48. The van der Waals surface area contributed by atoms with Crippen molar-refractivity contribution in [3.05, 3.63) is 29.8 Å². The van der Waals surface area contributed by atoms with Crippen molar-refractivity contribution in [2.75, 3.05) is 18.0 Å². The van der Waals surface area contributed by atoms with Crippen molar-refractivity contribution < 1.29 is 19.5 Å². The summed E-state index contributed by atoms with van der Waals surface area (Å²) in [4.78, 5) is 38.7. The van der Waals surface area contributed by atoms with E-state index in [2.05, 4.69) is 4.90 Å². The Hall–Kier alpha value is -2.21. The van der Waals surface area contributed by atoms with Gasteiger partial charge >= 0.3 is 5.97 Å². The van der Waals surface area contributed by atoms with Crippen LogP contribution in [0.2, 0.25) is 0 Å². The number of hydrogen-bond acceptors (Lipinski definition) is 4. The molecule has 0 radical (unpaired) electrons. The highest BCUT2D eigenvalue weighted by Gasteiger charge is 2.43. The van der Waals surface area contributed by atoms with E-state index in [9.17, 15) is 14.4 Å². The molecule has 1 aromatic carbocycles. The molecule has 0 aromatic heterocycles. The summed E-state index contributed by atoms with van der Waals surface area (Å²) in [7, 11) is 0. The van der Waals surface area contributed by atoms with Crippen LogP contribution in [0.25, 0.3) is 0 Å². The van der Waals surface area contributed by atoms with Crippen molar-refractivity contribution in [3.63, 3.8) is 0 Å². The van der Waals surface area contributed by atoms with Crippen LogP contribution in [0.15, 0.2) is 24.3 Å². The maximum atomic E-state index is 12.5. The van der Waals surface area contributed by atoms with Crippen molar-refractivity contribution in [3.8, 4) is 0 Å². The molecule has 2 fully saturated rings. The Bertz CT molecular complexity index is 605. The summed E-state index contributed by atoms with van der Waals surface area (Å²) < 4.78 is 0. The lowest BCUT2D eigenvalue weighted by atomic mass is 10.1. The summed E-state index contributed by atoms with van der Waals surface area (Å²) in [6, 6.07) is 6.23. The molecule has 1 N–H and O–H groups in total. The molecule has 0 bridgehead atoms. The Labute approximate surface area is 128 Å². The van der Waals surface area contributed by atoms with Crippen LogP contribution in [0.3, 0.4) is 0 Å². The van der Waals surface area contributed by atoms with E-state index in [1.807, 2.05) is 0 Å². The fourth-order valence-corrected chi connectivity index (χ4v) is 3.16. The highest BCUT2D eigenvalue weighted by Crippen LogP contribution is 2.27. The molecule has 2 amide bonds. The fourth-order valence-electron chi connectivity index (χ4n) is 3.16. The molecule has 22 heavy (non-hydrogen) atoms. The third kappa shape index (κ3) is 2.74. The molecule has 1 atom stereocenters. The summed E-state index contributed by atoms with van der Waals surface area (Å²) in [5.74, 6) is -1.26. The summed E-state index contributed by atoms with van der Waals surface area (Å²) >= 11 is 0. The predicted molar refractivity (Wildman–Crippen MR) is 79.5 cm³/mol. The largest absolute Gasteiger partial charge is 0.481 e. The van der Waals surface area contributed by atoms with Crippen molar-refractivity contribution in [1.82, 2.24) is 4.90 Å². The summed E-state index contributed by atoms with van der Waals surface area (Å²) in [6.45, 7) is 1.74. The summed E-state index contributed by atoms with van der Waals surface area (Å²) in [6.07, 6.45) is 2.30. The van der Waals surface area contributed by atoms with Gasteiger partial charge in [0.15, 0.2) is 0 Å². The van der Waals surface area contributed by atoms with Gasteiger partial charge in [0.2, 0.25) is 5.91 Å². The number of aliphatic carboxylic acids is 1. The smallest absolute Gasteiger partial charge is 0.307 e. The number of carbonyl (C=O) groups is 3. The fraction of sp³-hybridized carbons (Fsp3) is 0.438. The lowest BCUT2D eigenvalue weighted by Gasteiger charge is -2.21. The van der Waals surface area contributed by atoms with E-state index in [0.29, 0.717) is 11.3 Å².